The number of rotatable bonds is 4. The van der Waals surface area contributed by atoms with E-state index in [-0.39, 0.29) is 30.2 Å². The van der Waals surface area contributed by atoms with Gasteiger partial charge in [-0.25, -0.2) is 9.37 Å². The second-order valence-electron chi connectivity index (χ2n) is 7.54. The van der Waals surface area contributed by atoms with Crippen molar-refractivity contribution in [1.29, 1.82) is 0 Å². The van der Waals surface area contributed by atoms with E-state index in [1.165, 1.54) is 12.3 Å². The van der Waals surface area contributed by atoms with Gasteiger partial charge in [0, 0.05) is 24.7 Å². The van der Waals surface area contributed by atoms with Gasteiger partial charge in [0.15, 0.2) is 5.76 Å². The van der Waals surface area contributed by atoms with Crippen LogP contribution in [0.3, 0.4) is 0 Å². The maximum atomic E-state index is 14.1. The van der Waals surface area contributed by atoms with E-state index in [0.29, 0.717) is 47.3 Å². The lowest BCUT2D eigenvalue weighted by Gasteiger charge is -2.34. The standard InChI is InChI=1S/C23H24FN3O2.ClH/c1-15(25)16-10-12-27(13-11-16)23(28)18-7-3-2-6-17(18)22-26-14-21(29-22)19-8-4-5-9-20(19)24;/h2-9,14-16H,10-13,25H2,1H3;1H. The van der Waals surface area contributed by atoms with Crippen molar-refractivity contribution in [3.05, 3.63) is 66.1 Å². The Morgan fingerprint density at radius 3 is 2.43 bits per heavy atom. The molecule has 1 atom stereocenters. The lowest BCUT2D eigenvalue weighted by atomic mass is 9.90. The van der Waals surface area contributed by atoms with E-state index in [9.17, 15) is 9.18 Å². The van der Waals surface area contributed by atoms with Crippen molar-refractivity contribution in [3.8, 4) is 22.8 Å². The van der Waals surface area contributed by atoms with Gasteiger partial charge in [0.2, 0.25) is 5.89 Å². The van der Waals surface area contributed by atoms with Crippen LogP contribution in [0.2, 0.25) is 0 Å². The summed E-state index contributed by atoms with van der Waals surface area (Å²) in [7, 11) is 0. The Balaban J connectivity index is 0.00000256. The predicted molar refractivity (Wildman–Crippen MR) is 117 cm³/mol. The molecule has 0 bridgehead atoms. The fraction of sp³-hybridized carbons (Fsp3) is 0.304. The number of oxazole rings is 1. The zero-order valence-electron chi connectivity index (χ0n) is 16.8. The Bertz CT molecular complexity index is 1010. The monoisotopic (exact) mass is 429 g/mol. The molecule has 4 rings (SSSR count). The first-order chi connectivity index (χ1) is 14.0. The van der Waals surface area contributed by atoms with E-state index in [1.54, 1.807) is 30.3 Å². The third kappa shape index (κ3) is 4.40. The van der Waals surface area contributed by atoms with Crippen molar-refractivity contribution in [2.24, 2.45) is 11.7 Å². The maximum absolute atomic E-state index is 14.1. The van der Waals surface area contributed by atoms with Crippen LogP contribution in [0.5, 0.6) is 0 Å². The normalized spacial score (nSPS) is 15.5. The number of likely N-dealkylation sites (tertiary alicyclic amines) is 1. The van der Waals surface area contributed by atoms with E-state index in [0.717, 1.165) is 12.8 Å². The molecular weight excluding hydrogens is 405 g/mol. The Kier molecular flexibility index (Phi) is 6.90. The van der Waals surface area contributed by atoms with Gasteiger partial charge < -0.3 is 15.1 Å². The summed E-state index contributed by atoms with van der Waals surface area (Å²) in [4.78, 5) is 19.3. The van der Waals surface area contributed by atoms with E-state index in [1.807, 2.05) is 24.0 Å². The van der Waals surface area contributed by atoms with E-state index >= 15 is 0 Å². The van der Waals surface area contributed by atoms with Crippen molar-refractivity contribution < 1.29 is 13.6 Å². The fourth-order valence-electron chi connectivity index (χ4n) is 3.84. The van der Waals surface area contributed by atoms with Crippen molar-refractivity contribution in [2.45, 2.75) is 25.8 Å². The molecule has 7 heteroatoms. The van der Waals surface area contributed by atoms with Crippen LogP contribution in [0.15, 0.2) is 59.1 Å². The van der Waals surface area contributed by atoms with Gasteiger partial charge in [-0.3, -0.25) is 4.79 Å². The van der Waals surface area contributed by atoms with Crippen LogP contribution < -0.4 is 5.73 Å². The molecule has 0 radical (unpaired) electrons. The molecule has 1 aliphatic rings. The molecule has 1 aliphatic heterocycles. The molecule has 5 nitrogen and oxygen atoms in total. The van der Waals surface area contributed by atoms with Crippen LogP contribution in [0.1, 0.15) is 30.1 Å². The lowest BCUT2D eigenvalue weighted by Crippen LogP contribution is -2.42. The molecule has 2 N–H and O–H groups in total. The molecule has 1 saturated heterocycles. The zero-order chi connectivity index (χ0) is 20.4. The first-order valence-corrected chi connectivity index (χ1v) is 9.89. The minimum atomic E-state index is -0.378. The van der Waals surface area contributed by atoms with Gasteiger partial charge in [-0.2, -0.15) is 0 Å². The van der Waals surface area contributed by atoms with Crippen LogP contribution >= 0.6 is 12.4 Å². The second-order valence-corrected chi connectivity index (χ2v) is 7.54. The smallest absolute Gasteiger partial charge is 0.254 e. The molecule has 1 aromatic heterocycles. The SMILES string of the molecule is CC(N)C1CCN(C(=O)c2ccccc2-c2ncc(-c3ccccc3F)o2)CC1.Cl. The molecule has 0 spiro atoms. The average molecular weight is 430 g/mol. The summed E-state index contributed by atoms with van der Waals surface area (Å²) < 4.78 is 19.9. The molecule has 1 amide bonds. The number of aromatic nitrogens is 1. The molecule has 30 heavy (non-hydrogen) atoms. The molecule has 1 fully saturated rings. The minimum Gasteiger partial charge on any atom is -0.436 e. The second kappa shape index (κ2) is 9.41. The summed E-state index contributed by atoms with van der Waals surface area (Å²) in [5.74, 6) is 0.658. The number of hydrogen-bond acceptors (Lipinski definition) is 4. The fourth-order valence-corrected chi connectivity index (χ4v) is 3.84. The van der Waals surface area contributed by atoms with Crippen LogP contribution in [0.25, 0.3) is 22.8 Å². The molecule has 158 valence electrons. The summed E-state index contributed by atoms with van der Waals surface area (Å²) in [6, 6.07) is 13.8. The number of nitrogens with two attached hydrogens (primary N) is 1. The highest BCUT2D eigenvalue weighted by Crippen LogP contribution is 2.31. The highest BCUT2D eigenvalue weighted by molar-refractivity contribution is 6.00. The number of piperidine rings is 1. The Morgan fingerprint density at radius 2 is 1.77 bits per heavy atom. The summed E-state index contributed by atoms with van der Waals surface area (Å²) in [6.07, 6.45) is 3.30. The Labute approximate surface area is 181 Å². The first-order valence-electron chi connectivity index (χ1n) is 9.89. The number of carbonyl (C=O) groups excluding carboxylic acids is 1. The van der Waals surface area contributed by atoms with Gasteiger partial charge in [-0.1, -0.05) is 24.3 Å². The third-order valence-electron chi connectivity index (χ3n) is 5.60. The van der Waals surface area contributed by atoms with E-state index in [2.05, 4.69) is 4.98 Å². The molecule has 0 aliphatic carbocycles. The summed E-state index contributed by atoms with van der Waals surface area (Å²) in [6.45, 7) is 3.39. The molecule has 1 unspecified atom stereocenters. The molecule has 2 aromatic carbocycles. The van der Waals surface area contributed by atoms with Gasteiger partial charge in [0.25, 0.3) is 5.91 Å². The van der Waals surface area contributed by atoms with Crippen molar-refractivity contribution in [1.82, 2.24) is 9.88 Å². The predicted octanol–water partition coefficient (Wildman–Crippen LogP) is 4.77. The van der Waals surface area contributed by atoms with Gasteiger partial charge >= 0.3 is 0 Å². The number of carbonyl (C=O) groups is 1. The van der Waals surface area contributed by atoms with Crippen molar-refractivity contribution in [3.63, 3.8) is 0 Å². The Hall–Kier alpha value is -2.70. The highest BCUT2D eigenvalue weighted by atomic mass is 35.5. The lowest BCUT2D eigenvalue weighted by molar-refractivity contribution is 0.0681. The molecule has 0 saturated carbocycles. The zero-order valence-corrected chi connectivity index (χ0v) is 17.6. The van der Waals surface area contributed by atoms with E-state index < -0.39 is 0 Å². The number of halogens is 2. The number of hydrogen-bond donors (Lipinski definition) is 1. The van der Waals surface area contributed by atoms with Gasteiger partial charge in [0.1, 0.15) is 5.82 Å². The molecule has 2 heterocycles. The van der Waals surface area contributed by atoms with Gasteiger partial charge in [-0.05, 0) is 49.9 Å². The van der Waals surface area contributed by atoms with Crippen LogP contribution in [0, 0.1) is 11.7 Å². The van der Waals surface area contributed by atoms with Crippen LogP contribution in [-0.2, 0) is 0 Å². The summed E-state index contributed by atoms with van der Waals surface area (Å²) in [5.41, 5.74) is 7.49. The first kappa shape index (κ1) is 22.0. The number of nitrogens with zero attached hydrogens (tertiary/aromatic N) is 2. The number of benzene rings is 2. The maximum Gasteiger partial charge on any atom is 0.254 e. The summed E-state index contributed by atoms with van der Waals surface area (Å²) in [5, 5.41) is 0. The van der Waals surface area contributed by atoms with Crippen molar-refractivity contribution >= 4 is 18.3 Å². The van der Waals surface area contributed by atoms with Gasteiger partial charge in [0.05, 0.1) is 17.3 Å². The molecule has 3 aromatic rings. The minimum absolute atomic E-state index is 0. The van der Waals surface area contributed by atoms with Crippen molar-refractivity contribution in [2.75, 3.05) is 13.1 Å². The highest BCUT2D eigenvalue weighted by Gasteiger charge is 2.27. The van der Waals surface area contributed by atoms with Crippen LogP contribution in [-0.4, -0.2) is 34.9 Å². The topological polar surface area (TPSA) is 72.4 Å². The van der Waals surface area contributed by atoms with E-state index in [4.69, 9.17) is 10.2 Å². The molecular formula is C23H25ClFN3O2. The third-order valence-corrected chi connectivity index (χ3v) is 5.60. The summed E-state index contributed by atoms with van der Waals surface area (Å²) >= 11 is 0. The van der Waals surface area contributed by atoms with Gasteiger partial charge in [-0.15, -0.1) is 12.4 Å². The Morgan fingerprint density at radius 1 is 1.13 bits per heavy atom. The average Bonchev–Trinajstić information content (AvgIpc) is 3.23. The quantitative estimate of drug-likeness (QED) is 0.648. The number of amides is 1. The largest absolute Gasteiger partial charge is 0.436 e. The van der Waals surface area contributed by atoms with Crippen LogP contribution in [0.4, 0.5) is 4.39 Å².